The van der Waals surface area contributed by atoms with E-state index in [4.69, 9.17) is 0 Å². The lowest BCUT2D eigenvalue weighted by molar-refractivity contribution is -0.134. The van der Waals surface area contributed by atoms with Crippen molar-refractivity contribution >= 4 is 5.91 Å². The van der Waals surface area contributed by atoms with E-state index in [1.54, 1.807) is 0 Å². The normalized spacial score (nSPS) is 16.6. The smallest absolute Gasteiger partial charge is 0.223 e. The molecule has 1 aromatic carbocycles. The molecule has 0 bridgehead atoms. The van der Waals surface area contributed by atoms with Crippen LogP contribution in [0.15, 0.2) is 42.0 Å². The number of rotatable bonds is 4. The van der Waals surface area contributed by atoms with Crippen molar-refractivity contribution in [1.82, 2.24) is 19.7 Å². The number of nitrogens with zero attached hydrogens (tertiary/aromatic N) is 4. The second kappa shape index (κ2) is 6.99. The van der Waals surface area contributed by atoms with Crippen LogP contribution >= 0.6 is 0 Å². The molecule has 3 rings (SSSR count). The number of allylic oxidation sites excluding steroid dienone is 2. The standard InChI is InChI=1S/C19H24N4O/c1-14(2)8-7-11-17(24)22-12-13-23-19(15(22)3)20-18(21-23)16-9-5-4-6-10-16/h4-6,8-10,15H,7,11-13H2,1-3H3/t15-/m0/s1. The Balaban J connectivity index is 1.75. The van der Waals surface area contributed by atoms with Gasteiger partial charge in [0, 0.05) is 18.5 Å². The van der Waals surface area contributed by atoms with Gasteiger partial charge in [-0.15, -0.1) is 0 Å². The van der Waals surface area contributed by atoms with E-state index in [0.717, 1.165) is 23.6 Å². The molecule has 5 nitrogen and oxygen atoms in total. The number of hydrogen-bond acceptors (Lipinski definition) is 3. The highest BCUT2D eigenvalue weighted by Gasteiger charge is 2.30. The molecule has 24 heavy (non-hydrogen) atoms. The first-order valence-corrected chi connectivity index (χ1v) is 8.49. The number of amides is 1. The zero-order valence-electron chi connectivity index (χ0n) is 14.6. The summed E-state index contributed by atoms with van der Waals surface area (Å²) in [4.78, 5) is 19.1. The van der Waals surface area contributed by atoms with Crippen molar-refractivity contribution in [2.75, 3.05) is 6.54 Å². The Hall–Kier alpha value is -2.43. The van der Waals surface area contributed by atoms with Crippen LogP contribution in [-0.2, 0) is 11.3 Å². The van der Waals surface area contributed by atoms with E-state index in [0.29, 0.717) is 19.5 Å². The van der Waals surface area contributed by atoms with Crippen LogP contribution in [0.2, 0.25) is 0 Å². The minimum atomic E-state index is -0.0390. The third-order valence-electron chi connectivity index (χ3n) is 4.36. The molecule has 0 N–H and O–H groups in total. The monoisotopic (exact) mass is 324 g/mol. The summed E-state index contributed by atoms with van der Waals surface area (Å²) in [5, 5.41) is 4.61. The van der Waals surface area contributed by atoms with Crippen LogP contribution in [-0.4, -0.2) is 32.1 Å². The van der Waals surface area contributed by atoms with Gasteiger partial charge in [-0.25, -0.2) is 9.67 Å². The molecule has 0 radical (unpaired) electrons. The maximum Gasteiger partial charge on any atom is 0.223 e. The second-order valence-corrected chi connectivity index (χ2v) is 6.47. The van der Waals surface area contributed by atoms with Gasteiger partial charge in [0.15, 0.2) is 5.82 Å². The molecule has 0 saturated carbocycles. The van der Waals surface area contributed by atoms with Gasteiger partial charge in [-0.2, -0.15) is 5.10 Å². The predicted molar refractivity (Wildman–Crippen MR) is 94.3 cm³/mol. The third kappa shape index (κ3) is 3.40. The average Bonchev–Trinajstić information content (AvgIpc) is 3.01. The van der Waals surface area contributed by atoms with Crippen LogP contribution in [0.5, 0.6) is 0 Å². The lowest BCUT2D eigenvalue weighted by Crippen LogP contribution is -2.41. The first-order chi connectivity index (χ1) is 11.6. The van der Waals surface area contributed by atoms with Gasteiger partial charge in [0.2, 0.25) is 5.91 Å². The lowest BCUT2D eigenvalue weighted by atomic mass is 10.1. The zero-order valence-corrected chi connectivity index (χ0v) is 14.6. The van der Waals surface area contributed by atoms with Crippen LogP contribution in [0.3, 0.4) is 0 Å². The average molecular weight is 324 g/mol. The van der Waals surface area contributed by atoms with Gasteiger partial charge in [-0.3, -0.25) is 4.79 Å². The van der Waals surface area contributed by atoms with Gasteiger partial charge in [0.25, 0.3) is 0 Å². The Morgan fingerprint density at radius 3 is 2.71 bits per heavy atom. The zero-order chi connectivity index (χ0) is 17.1. The van der Waals surface area contributed by atoms with Gasteiger partial charge in [0.05, 0.1) is 12.6 Å². The van der Waals surface area contributed by atoms with Crippen LogP contribution in [0.25, 0.3) is 11.4 Å². The van der Waals surface area contributed by atoms with Crippen molar-refractivity contribution in [2.24, 2.45) is 0 Å². The molecule has 0 fully saturated rings. The fraction of sp³-hybridized carbons (Fsp3) is 0.421. The highest BCUT2D eigenvalue weighted by molar-refractivity contribution is 5.77. The van der Waals surface area contributed by atoms with Crippen molar-refractivity contribution in [1.29, 1.82) is 0 Å². The third-order valence-corrected chi connectivity index (χ3v) is 4.36. The Morgan fingerprint density at radius 2 is 2.00 bits per heavy atom. The maximum atomic E-state index is 12.5. The Labute approximate surface area is 143 Å². The van der Waals surface area contributed by atoms with E-state index >= 15 is 0 Å². The van der Waals surface area contributed by atoms with Crippen molar-refractivity contribution in [3.8, 4) is 11.4 Å². The summed E-state index contributed by atoms with van der Waals surface area (Å²) < 4.78 is 1.94. The highest BCUT2D eigenvalue weighted by Crippen LogP contribution is 2.26. The quantitative estimate of drug-likeness (QED) is 0.808. The topological polar surface area (TPSA) is 51.0 Å². The highest BCUT2D eigenvalue weighted by atomic mass is 16.2. The molecular weight excluding hydrogens is 300 g/mol. The molecule has 5 heteroatoms. The summed E-state index contributed by atoms with van der Waals surface area (Å²) in [5.41, 5.74) is 2.26. The Bertz CT molecular complexity index is 744. The van der Waals surface area contributed by atoms with E-state index in [-0.39, 0.29) is 11.9 Å². The molecule has 0 saturated heterocycles. The molecule has 1 aromatic heterocycles. The molecule has 1 amide bonds. The molecular formula is C19H24N4O. The van der Waals surface area contributed by atoms with E-state index in [2.05, 4.69) is 30.0 Å². The fourth-order valence-electron chi connectivity index (χ4n) is 3.04. The summed E-state index contributed by atoms with van der Waals surface area (Å²) in [6.45, 7) is 7.55. The fourth-order valence-corrected chi connectivity index (χ4v) is 3.04. The molecule has 126 valence electrons. The van der Waals surface area contributed by atoms with E-state index < -0.39 is 0 Å². The number of carbonyl (C=O) groups is 1. The largest absolute Gasteiger partial charge is 0.331 e. The molecule has 0 aliphatic carbocycles. The van der Waals surface area contributed by atoms with E-state index in [1.165, 1.54) is 5.57 Å². The van der Waals surface area contributed by atoms with Gasteiger partial charge in [-0.1, -0.05) is 42.0 Å². The minimum Gasteiger partial charge on any atom is -0.331 e. The summed E-state index contributed by atoms with van der Waals surface area (Å²) >= 11 is 0. The van der Waals surface area contributed by atoms with Crippen molar-refractivity contribution in [2.45, 2.75) is 46.2 Å². The number of aromatic nitrogens is 3. The molecule has 2 heterocycles. The van der Waals surface area contributed by atoms with E-state index in [1.807, 2.05) is 46.8 Å². The van der Waals surface area contributed by atoms with Crippen molar-refractivity contribution < 1.29 is 4.79 Å². The second-order valence-electron chi connectivity index (χ2n) is 6.47. The Kier molecular flexibility index (Phi) is 4.79. The first-order valence-electron chi connectivity index (χ1n) is 8.49. The summed E-state index contributed by atoms with van der Waals surface area (Å²) in [5.74, 6) is 1.79. The van der Waals surface area contributed by atoms with Crippen LogP contribution in [0, 0.1) is 0 Å². The molecule has 1 aliphatic heterocycles. The van der Waals surface area contributed by atoms with Crippen LogP contribution < -0.4 is 0 Å². The molecule has 0 unspecified atom stereocenters. The first kappa shape index (κ1) is 16.4. The van der Waals surface area contributed by atoms with Crippen LogP contribution in [0.4, 0.5) is 0 Å². The number of carbonyl (C=O) groups excluding carboxylic acids is 1. The van der Waals surface area contributed by atoms with Crippen molar-refractivity contribution in [3.05, 3.63) is 47.8 Å². The summed E-state index contributed by atoms with van der Waals surface area (Å²) in [6.07, 6.45) is 3.46. The molecule has 1 aliphatic rings. The van der Waals surface area contributed by atoms with E-state index in [9.17, 15) is 4.79 Å². The molecule has 1 atom stereocenters. The molecule has 0 spiro atoms. The van der Waals surface area contributed by atoms with Gasteiger partial charge < -0.3 is 4.90 Å². The van der Waals surface area contributed by atoms with Crippen LogP contribution in [0.1, 0.15) is 45.5 Å². The Morgan fingerprint density at radius 1 is 1.25 bits per heavy atom. The number of fused-ring (bicyclic) bond motifs is 1. The van der Waals surface area contributed by atoms with Gasteiger partial charge in [-0.05, 0) is 27.2 Å². The van der Waals surface area contributed by atoms with Crippen molar-refractivity contribution in [3.63, 3.8) is 0 Å². The minimum absolute atomic E-state index is 0.0390. The number of hydrogen-bond donors (Lipinski definition) is 0. The SMILES string of the molecule is CC(C)=CCCC(=O)N1CCn2nc(-c3ccccc3)nc2[C@@H]1C. The maximum absolute atomic E-state index is 12.5. The number of benzene rings is 1. The van der Waals surface area contributed by atoms with Gasteiger partial charge >= 0.3 is 0 Å². The lowest BCUT2D eigenvalue weighted by Gasteiger charge is -2.32. The summed E-state index contributed by atoms with van der Waals surface area (Å²) in [6, 6.07) is 9.93. The summed E-state index contributed by atoms with van der Waals surface area (Å²) in [7, 11) is 0. The van der Waals surface area contributed by atoms with Gasteiger partial charge in [0.1, 0.15) is 5.82 Å². The predicted octanol–water partition coefficient (Wildman–Crippen LogP) is 3.59. The molecule has 2 aromatic rings.